The van der Waals surface area contributed by atoms with Crippen LogP contribution in [0.15, 0.2) is 72.3 Å². The molecule has 128 valence electrons. The van der Waals surface area contributed by atoms with Crippen LogP contribution in [0.4, 0.5) is 26.3 Å². The molecule has 2 aromatic carbocycles. The molecule has 0 spiro atoms. The molecule has 3 rings (SSSR count). The van der Waals surface area contributed by atoms with E-state index in [0.29, 0.717) is 0 Å². The van der Waals surface area contributed by atoms with E-state index < -0.39 is 29.9 Å². The van der Waals surface area contributed by atoms with Crippen LogP contribution in [0.2, 0.25) is 0 Å². The van der Waals surface area contributed by atoms with E-state index in [1.54, 1.807) is 0 Å². The molecule has 0 atom stereocenters. The van der Waals surface area contributed by atoms with E-state index in [2.05, 4.69) is 60.7 Å². The number of hydrogen-bond acceptors (Lipinski definition) is 0. The summed E-state index contributed by atoms with van der Waals surface area (Å²) in [4.78, 5) is 0. The second-order valence-electron chi connectivity index (χ2n) is 5.03. The Morgan fingerprint density at radius 3 is 1.38 bits per heavy atom. The van der Waals surface area contributed by atoms with Crippen LogP contribution in [-0.2, 0) is 0 Å². The summed E-state index contributed by atoms with van der Waals surface area (Å²) in [5.74, 6) is -14.3. The standard InChI is InChI=1S/C12H11P.C5H2F6/c1-3-7-11(8-4-1)13-12-9-5-2-6-10-12;6-2-1-4(8,9)5(10,11)3(2)7/h1-10,13H;1H2. The number of halogens is 6. The van der Waals surface area contributed by atoms with Crippen molar-refractivity contribution in [3.63, 3.8) is 0 Å². The van der Waals surface area contributed by atoms with Gasteiger partial charge in [-0.05, 0) is 10.6 Å². The van der Waals surface area contributed by atoms with Crippen molar-refractivity contribution in [1.82, 2.24) is 0 Å². The Kier molecular flexibility index (Phi) is 5.70. The number of rotatable bonds is 2. The van der Waals surface area contributed by atoms with Gasteiger partial charge in [-0.2, -0.15) is 17.6 Å². The van der Waals surface area contributed by atoms with Crippen molar-refractivity contribution >= 4 is 19.2 Å². The van der Waals surface area contributed by atoms with Crippen LogP contribution in [0.5, 0.6) is 0 Å². The summed E-state index contributed by atoms with van der Waals surface area (Å²) >= 11 is 0. The molecule has 0 aromatic heterocycles. The molecule has 0 N–H and O–H groups in total. The van der Waals surface area contributed by atoms with E-state index in [-0.39, 0.29) is 0 Å². The van der Waals surface area contributed by atoms with Gasteiger partial charge in [-0.3, -0.25) is 0 Å². The predicted octanol–water partition coefficient (Wildman–Crippen LogP) is 5.13. The topological polar surface area (TPSA) is 0 Å². The van der Waals surface area contributed by atoms with Gasteiger partial charge in [0.15, 0.2) is 0 Å². The van der Waals surface area contributed by atoms with Gasteiger partial charge >= 0.3 is 11.8 Å². The molecular weight excluding hydrogens is 349 g/mol. The van der Waals surface area contributed by atoms with Gasteiger partial charge in [-0.15, -0.1) is 0 Å². The van der Waals surface area contributed by atoms with Crippen LogP contribution in [0.25, 0.3) is 0 Å². The summed E-state index contributed by atoms with van der Waals surface area (Å²) in [5.41, 5.74) is 0. The summed E-state index contributed by atoms with van der Waals surface area (Å²) < 4.78 is 71.5. The van der Waals surface area contributed by atoms with Crippen molar-refractivity contribution in [3.05, 3.63) is 72.3 Å². The Bertz CT molecular complexity index is 660. The molecule has 24 heavy (non-hydrogen) atoms. The molecule has 7 heteroatoms. The zero-order valence-corrected chi connectivity index (χ0v) is 13.2. The number of benzene rings is 2. The summed E-state index contributed by atoms with van der Waals surface area (Å²) in [7, 11) is 0.777. The third-order valence-electron chi connectivity index (χ3n) is 3.19. The van der Waals surface area contributed by atoms with Gasteiger partial charge in [0.05, 0.1) is 6.42 Å². The summed E-state index contributed by atoms with van der Waals surface area (Å²) in [6.45, 7) is 0. The number of alkyl halides is 4. The van der Waals surface area contributed by atoms with Crippen molar-refractivity contribution in [1.29, 1.82) is 0 Å². The average Bonchev–Trinajstić information content (AvgIpc) is 2.69. The lowest BCUT2D eigenvalue weighted by atomic mass is 10.2. The van der Waals surface area contributed by atoms with Crippen LogP contribution in [-0.4, -0.2) is 11.8 Å². The Hall–Kier alpha value is -1.81. The minimum atomic E-state index is -4.98. The molecule has 0 fully saturated rings. The molecule has 0 amide bonds. The maximum absolute atomic E-state index is 12.0. The molecule has 0 saturated heterocycles. The summed E-state index contributed by atoms with van der Waals surface area (Å²) in [5, 5.41) is 2.79. The van der Waals surface area contributed by atoms with Crippen LogP contribution in [0.3, 0.4) is 0 Å². The van der Waals surface area contributed by atoms with E-state index in [1.165, 1.54) is 10.6 Å². The first-order valence-corrected chi connectivity index (χ1v) is 7.91. The first-order chi connectivity index (χ1) is 11.2. The highest BCUT2D eigenvalue weighted by atomic mass is 31.1. The fourth-order valence-corrected chi connectivity index (χ4v) is 2.98. The van der Waals surface area contributed by atoms with Gasteiger partial charge in [0.2, 0.25) is 5.83 Å². The van der Waals surface area contributed by atoms with Crippen molar-refractivity contribution in [2.24, 2.45) is 0 Å². The SMILES string of the molecule is FC1=C(F)C(F)(F)C(F)(F)C1.c1ccc(Pc2ccccc2)cc1. The van der Waals surface area contributed by atoms with Crippen molar-refractivity contribution in [2.75, 3.05) is 0 Å². The van der Waals surface area contributed by atoms with E-state index in [9.17, 15) is 26.3 Å². The Morgan fingerprint density at radius 1 is 0.708 bits per heavy atom. The van der Waals surface area contributed by atoms with Crippen molar-refractivity contribution in [3.8, 4) is 0 Å². The Balaban J connectivity index is 0.000000177. The fraction of sp³-hybridized carbons (Fsp3) is 0.176. The second-order valence-corrected chi connectivity index (χ2v) is 6.44. The normalized spacial score (nSPS) is 18.1. The lowest BCUT2D eigenvalue weighted by Crippen LogP contribution is -2.36. The molecule has 0 unspecified atom stereocenters. The fourth-order valence-electron chi connectivity index (χ4n) is 1.92. The molecule has 0 aliphatic heterocycles. The zero-order valence-electron chi connectivity index (χ0n) is 12.2. The second kappa shape index (κ2) is 7.39. The maximum atomic E-state index is 12.0. The lowest BCUT2D eigenvalue weighted by molar-refractivity contribution is -0.180. The first kappa shape index (κ1) is 18.5. The minimum absolute atomic E-state index is 0.777. The largest absolute Gasteiger partial charge is 0.363 e. The number of allylic oxidation sites excluding steroid dienone is 2. The highest BCUT2D eigenvalue weighted by Crippen LogP contribution is 2.51. The van der Waals surface area contributed by atoms with Gasteiger partial charge in [-0.25, -0.2) is 8.78 Å². The van der Waals surface area contributed by atoms with Gasteiger partial charge in [0.25, 0.3) is 0 Å². The van der Waals surface area contributed by atoms with Crippen molar-refractivity contribution in [2.45, 2.75) is 18.3 Å². The molecule has 1 aliphatic rings. The molecular formula is C17H13F6P. The third-order valence-corrected chi connectivity index (χ3v) is 4.43. The zero-order chi connectivity index (χ0) is 17.8. The summed E-state index contributed by atoms with van der Waals surface area (Å²) in [6.07, 6.45) is -1.86. The monoisotopic (exact) mass is 362 g/mol. The van der Waals surface area contributed by atoms with Crippen LogP contribution in [0.1, 0.15) is 6.42 Å². The van der Waals surface area contributed by atoms with E-state index in [0.717, 1.165) is 8.58 Å². The molecule has 0 heterocycles. The number of hydrogen-bond donors (Lipinski definition) is 0. The van der Waals surface area contributed by atoms with E-state index >= 15 is 0 Å². The minimum Gasteiger partial charge on any atom is -0.208 e. The van der Waals surface area contributed by atoms with Crippen LogP contribution < -0.4 is 10.6 Å². The highest BCUT2D eigenvalue weighted by molar-refractivity contribution is 7.55. The molecule has 0 bridgehead atoms. The van der Waals surface area contributed by atoms with Gasteiger partial charge < -0.3 is 0 Å². The van der Waals surface area contributed by atoms with Gasteiger partial charge in [0.1, 0.15) is 5.83 Å². The maximum Gasteiger partial charge on any atom is 0.363 e. The summed E-state index contributed by atoms with van der Waals surface area (Å²) in [6, 6.07) is 21.2. The predicted molar refractivity (Wildman–Crippen MR) is 84.2 cm³/mol. The quantitative estimate of drug-likeness (QED) is 0.513. The lowest BCUT2D eigenvalue weighted by Gasteiger charge is -2.16. The molecule has 2 aromatic rings. The van der Waals surface area contributed by atoms with Gasteiger partial charge in [0, 0.05) is 0 Å². The highest BCUT2D eigenvalue weighted by Gasteiger charge is 2.66. The van der Waals surface area contributed by atoms with E-state index in [1.807, 2.05) is 0 Å². The molecule has 0 radical (unpaired) electrons. The Labute approximate surface area is 137 Å². The smallest absolute Gasteiger partial charge is 0.208 e. The first-order valence-electron chi connectivity index (χ1n) is 6.91. The average molecular weight is 362 g/mol. The van der Waals surface area contributed by atoms with Crippen LogP contribution in [0, 0.1) is 0 Å². The van der Waals surface area contributed by atoms with E-state index in [4.69, 9.17) is 0 Å². The molecule has 1 aliphatic carbocycles. The third kappa shape index (κ3) is 4.18. The van der Waals surface area contributed by atoms with Crippen molar-refractivity contribution < 1.29 is 26.3 Å². The van der Waals surface area contributed by atoms with Crippen LogP contribution >= 0.6 is 8.58 Å². The Morgan fingerprint density at radius 2 is 1.12 bits per heavy atom. The molecule has 0 nitrogen and oxygen atoms in total. The van der Waals surface area contributed by atoms with Gasteiger partial charge in [-0.1, -0.05) is 69.2 Å². The molecule has 0 saturated carbocycles.